The molecule has 0 aliphatic heterocycles. The number of ether oxygens (including phenoxy) is 1. The Morgan fingerprint density at radius 1 is 1.29 bits per heavy atom. The standard InChI is InChI=1S/C17H22N4O3/c1-11(2)16(22)19-15-9-13(20-21(15)3)17(23)18-10-12-7-5-6-8-14(12)24-4/h5-9,11H,10H2,1-4H3,(H,18,23)(H,19,22). The van der Waals surface area contributed by atoms with Gasteiger partial charge in [0.2, 0.25) is 5.91 Å². The van der Waals surface area contributed by atoms with Crippen LogP contribution in [0.1, 0.15) is 29.9 Å². The van der Waals surface area contributed by atoms with Gasteiger partial charge in [0.15, 0.2) is 5.69 Å². The van der Waals surface area contributed by atoms with Crippen LogP contribution < -0.4 is 15.4 Å². The van der Waals surface area contributed by atoms with E-state index in [-0.39, 0.29) is 23.4 Å². The Morgan fingerprint density at radius 2 is 2.00 bits per heavy atom. The molecule has 0 unspecified atom stereocenters. The first kappa shape index (κ1) is 17.5. The minimum Gasteiger partial charge on any atom is -0.496 e. The molecule has 0 bridgehead atoms. The lowest BCUT2D eigenvalue weighted by molar-refractivity contribution is -0.118. The summed E-state index contributed by atoms with van der Waals surface area (Å²) in [4.78, 5) is 24.0. The molecule has 0 radical (unpaired) electrons. The second-order valence-electron chi connectivity index (χ2n) is 5.68. The van der Waals surface area contributed by atoms with Crippen molar-refractivity contribution >= 4 is 17.6 Å². The van der Waals surface area contributed by atoms with Crippen LogP contribution in [0, 0.1) is 5.92 Å². The van der Waals surface area contributed by atoms with Gasteiger partial charge in [-0.3, -0.25) is 14.3 Å². The normalized spacial score (nSPS) is 10.5. The first-order chi connectivity index (χ1) is 11.4. The molecule has 2 rings (SSSR count). The topological polar surface area (TPSA) is 85.3 Å². The van der Waals surface area contributed by atoms with E-state index in [1.807, 2.05) is 24.3 Å². The van der Waals surface area contributed by atoms with Crippen LogP contribution in [0.15, 0.2) is 30.3 Å². The molecule has 24 heavy (non-hydrogen) atoms. The van der Waals surface area contributed by atoms with E-state index in [1.165, 1.54) is 4.68 Å². The maximum Gasteiger partial charge on any atom is 0.272 e. The van der Waals surface area contributed by atoms with Crippen molar-refractivity contribution in [1.82, 2.24) is 15.1 Å². The molecule has 7 nitrogen and oxygen atoms in total. The van der Waals surface area contributed by atoms with Crippen LogP contribution in [0.2, 0.25) is 0 Å². The van der Waals surface area contributed by atoms with Crippen molar-refractivity contribution in [3.8, 4) is 5.75 Å². The SMILES string of the molecule is COc1ccccc1CNC(=O)c1cc(NC(=O)C(C)C)n(C)n1. The van der Waals surface area contributed by atoms with Gasteiger partial charge in [0.1, 0.15) is 11.6 Å². The van der Waals surface area contributed by atoms with E-state index < -0.39 is 0 Å². The van der Waals surface area contributed by atoms with Gasteiger partial charge in [-0.05, 0) is 6.07 Å². The number of carbonyl (C=O) groups excluding carboxylic acids is 2. The lowest BCUT2D eigenvalue weighted by Crippen LogP contribution is -2.23. The Balaban J connectivity index is 2.04. The maximum absolute atomic E-state index is 12.3. The second-order valence-corrected chi connectivity index (χ2v) is 5.68. The first-order valence-corrected chi connectivity index (χ1v) is 7.67. The fraction of sp³-hybridized carbons (Fsp3) is 0.353. The summed E-state index contributed by atoms with van der Waals surface area (Å²) < 4.78 is 6.72. The average molecular weight is 330 g/mol. The predicted molar refractivity (Wildman–Crippen MR) is 90.8 cm³/mol. The molecule has 0 aliphatic rings. The molecule has 0 spiro atoms. The van der Waals surface area contributed by atoms with Gasteiger partial charge < -0.3 is 15.4 Å². The van der Waals surface area contributed by atoms with Gasteiger partial charge in [0.25, 0.3) is 5.91 Å². The van der Waals surface area contributed by atoms with Gasteiger partial charge in [0.05, 0.1) is 7.11 Å². The zero-order chi connectivity index (χ0) is 17.7. The Labute approximate surface area is 141 Å². The third kappa shape index (κ3) is 4.13. The number of carbonyl (C=O) groups is 2. The molecule has 0 atom stereocenters. The molecule has 0 aliphatic carbocycles. The van der Waals surface area contributed by atoms with Crippen molar-refractivity contribution in [3.05, 3.63) is 41.6 Å². The second kappa shape index (κ2) is 7.63. The summed E-state index contributed by atoms with van der Waals surface area (Å²) >= 11 is 0. The summed E-state index contributed by atoms with van der Waals surface area (Å²) in [6.07, 6.45) is 0. The van der Waals surface area contributed by atoms with Crippen molar-refractivity contribution in [3.63, 3.8) is 0 Å². The van der Waals surface area contributed by atoms with Gasteiger partial charge in [-0.1, -0.05) is 32.0 Å². The average Bonchev–Trinajstić information content (AvgIpc) is 2.93. The largest absolute Gasteiger partial charge is 0.496 e. The van der Waals surface area contributed by atoms with Crippen LogP contribution >= 0.6 is 0 Å². The van der Waals surface area contributed by atoms with Gasteiger partial charge in [0, 0.05) is 31.1 Å². The number of nitrogens with zero attached hydrogens (tertiary/aromatic N) is 2. The van der Waals surface area contributed by atoms with E-state index >= 15 is 0 Å². The molecule has 1 aromatic carbocycles. The summed E-state index contributed by atoms with van der Waals surface area (Å²) in [6.45, 7) is 3.92. The Hall–Kier alpha value is -2.83. The number of amides is 2. The molecule has 2 N–H and O–H groups in total. The van der Waals surface area contributed by atoms with Crippen LogP contribution in [-0.2, 0) is 18.4 Å². The van der Waals surface area contributed by atoms with E-state index in [1.54, 1.807) is 34.1 Å². The van der Waals surface area contributed by atoms with Gasteiger partial charge in [-0.15, -0.1) is 0 Å². The highest BCUT2D eigenvalue weighted by Gasteiger charge is 2.16. The van der Waals surface area contributed by atoms with Crippen molar-refractivity contribution in [2.24, 2.45) is 13.0 Å². The third-order valence-corrected chi connectivity index (χ3v) is 3.52. The summed E-state index contributed by atoms with van der Waals surface area (Å²) in [5.41, 5.74) is 1.11. The van der Waals surface area contributed by atoms with Crippen molar-refractivity contribution in [1.29, 1.82) is 0 Å². The van der Waals surface area contributed by atoms with Crippen LogP contribution in [0.3, 0.4) is 0 Å². The number of anilines is 1. The summed E-state index contributed by atoms with van der Waals surface area (Å²) in [5.74, 6) is 0.600. The van der Waals surface area contributed by atoms with Gasteiger partial charge in [-0.2, -0.15) is 5.10 Å². The zero-order valence-electron chi connectivity index (χ0n) is 14.3. The molecule has 1 heterocycles. The highest BCUT2D eigenvalue weighted by Crippen LogP contribution is 2.17. The molecule has 0 saturated carbocycles. The number of aryl methyl sites for hydroxylation is 1. The van der Waals surface area contributed by atoms with E-state index in [9.17, 15) is 9.59 Å². The molecule has 128 valence electrons. The number of hydrogen-bond donors (Lipinski definition) is 2. The first-order valence-electron chi connectivity index (χ1n) is 7.67. The Bertz CT molecular complexity index is 737. The summed E-state index contributed by atoms with van der Waals surface area (Å²) in [7, 11) is 3.26. The Kier molecular flexibility index (Phi) is 5.57. The van der Waals surface area contributed by atoms with Crippen LogP contribution in [0.5, 0.6) is 5.75 Å². The molecular formula is C17H22N4O3. The van der Waals surface area contributed by atoms with E-state index in [2.05, 4.69) is 15.7 Å². The third-order valence-electron chi connectivity index (χ3n) is 3.52. The monoisotopic (exact) mass is 330 g/mol. The lowest BCUT2D eigenvalue weighted by atomic mass is 10.2. The number of para-hydroxylation sites is 1. The van der Waals surface area contributed by atoms with Crippen molar-refractivity contribution in [2.45, 2.75) is 20.4 Å². The molecular weight excluding hydrogens is 308 g/mol. The minimum absolute atomic E-state index is 0.126. The van der Waals surface area contributed by atoms with Gasteiger partial charge >= 0.3 is 0 Å². The summed E-state index contributed by atoms with van der Waals surface area (Å²) in [5, 5.41) is 9.67. The molecule has 0 saturated heterocycles. The van der Waals surface area contributed by atoms with Gasteiger partial charge in [-0.25, -0.2) is 0 Å². The molecule has 2 aromatic rings. The molecule has 7 heteroatoms. The van der Waals surface area contributed by atoms with Crippen molar-refractivity contribution in [2.75, 3.05) is 12.4 Å². The molecule has 1 aromatic heterocycles. The summed E-state index contributed by atoms with van der Waals surface area (Å²) in [6, 6.07) is 9.02. The zero-order valence-corrected chi connectivity index (χ0v) is 14.3. The van der Waals surface area contributed by atoms with Crippen LogP contribution in [-0.4, -0.2) is 28.7 Å². The van der Waals surface area contributed by atoms with Crippen LogP contribution in [0.4, 0.5) is 5.82 Å². The van der Waals surface area contributed by atoms with E-state index in [0.717, 1.165) is 5.56 Å². The Morgan fingerprint density at radius 3 is 2.67 bits per heavy atom. The number of benzene rings is 1. The highest BCUT2D eigenvalue weighted by molar-refractivity contribution is 5.95. The number of methoxy groups -OCH3 is 1. The lowest BCUT2D eigenvalue weighted by Gasteiger charge is -2.08. The predicted octanol–water partition coefficient (Wildman–Crippen LogP) is 1.95. The number of nitrogens with one attached hydrogen (secondary N) is 2. The van der Waals surface area contributed by atoms with E-state index in [4.69, 9.17) is 4.74 Å². The number of hydrogen-bond acceptors (Lipinski definition) is 4. The smallest absolute Gasteiger partial charge is 0.272 e. The highest BCUT2D eigenvalue weighted by atomic mass is 16.5. The fourth-order valence-electron chi connectivity index (χ4n) is 2.08. The van der Waals surface area contributed by atoms with Crippen molar-refractivity contribution < 1.29 is 14.3 Å². The maximum atomic E-state index is 12.3. The minimum atomic E-state index is -0.318. The van der Waals surface area contributed by atoms with E-state index in [0.29, 0.717) is 18.1 Å². The molecule has 2 amide bonds. The number of rotatable bonds is 6. The molecule has 0 fully saturated rings. The quantitative estimate of drug-likeness (QED) is 0.848. The number of aromatic nitrogens is 2. The van der Waals surface area contributed by atoms with Crippen LogP contribution in [0.25, 0.3) is 0 Å². The fourth-order valence-corrected chi connectivity index (χ4v) is 2.08.